The van der Waals surface area contributed by atoms with Crippen molar-refractivity contribution in [2.24, 2.45) is 5.73 Å². The van der Waals surface area contributed by atoms with Crippen LogP contribution in [0.2, 0.25) is 0 Å². The molecule has 82 valence electrons. The average Bonchev–Trinajstić information content (AvgIpc) is 2.22. The summed E-state index contributed by atoms with van der Waals surface area (Å²) in [6.07, 6.45) is -0.177. The molecule has 0 aliphatic rings. The Balaban J connectivity index is 2.64. The van der Waals surface area contributed by atoms with E-state index in [9.17, 15) is 13.6 Å². The predicted octanol–water partition coefficient (Wildman–Crippen LogP) is 0.582. The number of benzene rings is 1. The summed E-state index contributed by atoms with van der Waals surface area (Å²) in [4.78, 5) is 11.2. The molecule has 0 saturated carbocycles. The summed E-state index contributed by atoms with van der Waals surface area (Å²) in [5, 5.41) is 2.47. The second-order valence-corrected chi connectivity index (χ2v) is 3.03. The maximum atomic E-state index is 13.1. The zero-order chi connectivity index (χ0) is 11.3. The number of amides is 1. The third-order valence-electron chi connectivity index (χ3n) is 1.85. The number of hydrogen-bond donors (Lipinski definition) is 2. The second kappa shape index (κ2) is 5.41. The van der Waals surface area contributed by atoms with Crippen LogP contribution in [0, 0.1) is 11.6 Å². The van der Waals surface area contributed by atoms with Gasteiger partial charge in [-0.15, -0.1) is 0 Å². The van der Waals surface area contributed by atoms with Gasteiger partial charge in [0.05, 0.1) is 6.42 Å². The minimum atomic E-state index is -0.972. The minimum Gasteiger partial charge on any atom is -0.355 e. The lowest BCUT2D eigenvalue weighted by molar-refractivity contribution is -0.120. The number of nitrogens with one attached hydrogen (secondary N) is 1. The van der Waals surface area contributed by atoms with E-state index in [1.54, 1.807) is 0 Å². The zero-order valence-corrected chi connectivity index (χ0v) is 8.09. The third-order valence-corrected chi connectivity index (χ3v) is 1.85. The van der Waals surface area contributed by atoms with Crippen LogP contribution in [0.15, 0.2) is 18.2 Å². The van der Waals surface area contributed by atoms with Crippen molar-refractivity contribution in [3.8, 4) is 0 Å². The van der Waals surface area contributed by atoms with E-state index < -0.39 is 11.6 Å². The van der Waals surface area contributed by atoms with E-state index in [0.29, 0.717) is 13.1 Å². The fourth-order valence-electron chi connectivity index (χ4n) is 1.13. The maximum absolute atomic E-state index is 13.1. The van der Waals surface area contributed by atoms with Crippen molar-refractivity contribution in [1.29, 1.82) is 0 Å². The largest absolute Gasteiger partial charge is 0.355 e. The van der Waals surface area contributed by atoms with Crippen LogP contribution in [0.1, 0.15) is 5.56 Å². The van der Waals surface area contributed by atoms with Gasteiger partial charge in [0.1, 0.15) is 0 Å². The molecule has 0 fully saturated rings. The van der Waals surface area contributed by atoms with Gasteiger partial charge in [-0.3, -0.25) is 4.79 Å². The molecule has 0 saturated heterocycles. The summed E-state index contributed by atoms with van der Waals surface area (Å²) in [5.41, 5.74) is 5.22. The summed E-state index contributed by atoms with van der Waals surface area (Å²) < 4.78 is 25.9. The topological polar surface area (TPSA) is 55.1 Å². The lowest BCUT2D eigenvalue weighted by atomic mass is 10.1. The van der Waals surface area contributed by atoms with E-state index in [4.69, 9.17) is 5.73 Å². The molecule has 0 bridgehead atoms. The summed E-state index contributed by atoms with van der Waals surface area (Å²) in [6.45, 7) is 0.646. The molecule has 3 nitrogen and oxygen atoms in total. The molecule has 0 radical (unpaired) electrons. The zero-order valence-electron chi connectivity index (χ0n) is 8.09. The first-order valence-corrected chi connectivity index (χ1v) is 4.55. The normalized spacial score (nSPS) is 10.1. The van der Waals surface area contributed by atoms with Crippen molar-refractivity contribution in [1.82, 2.24) is 5.32 Å². The minimum absolute atomic E-state index is 0.0459. The van der Waals surface area contributed by atoms with E-state index in [1.165, 1.54) is 12.1 Å². The highest BCUT2D eigenvalue weighted by molar-refractivity contribution is 5.78. The molecule has 0 aliphatic heterocycles. The quantitative estimate of drug-likeness (QED) is 0.770. The van der Waals surface area contributed by atoms with Gasteiger partial charge < -0.3 is 11.1 Å². The van der Waals surface area contributed by atoms with Crippen LogP contribution in [-0.4, -0.2) is 19.0 Å². The monoisotopic (exact) mass is 214 g/mol. The first-order valence-electron chi connectivity index (χ1n) is 4.55. The van der Waals surface area contributed by atoms with Gasteiger partial charge in [-0.05, 0) is 6.07 Å². The number of halogens is 2. The highest BCUT2D eigenvalue weighted by atomic mass is 19.2. The highest BCUT2D eigenvalue weighted by Crippen LogP contribution is 2.11. The Morgan fingerprint density at radius 1 is 1.40 bits per heavy atom. The number of carbonyl (C=O) groups is 1. The van der Waals surface area contributed by atoms with E-state index in [-0.39, 0.29) is 17.9 Å². The molecule has 0 atom stereocenters. The van der Waals surface area contributed by atoms with E-state index in [1.807, 2.05) is 0 Å². The molecular formula is C10H12F2N2O. The Hall–Kier alpha value is -1.49. The molecule has 1 aromatic carbocycles. The van der Waals surface area contributed by atoms with Gasteiger partial charge >= 0.3 is 0 Å². The molecule has 0 spiro atoms. The summed E-state index contributed by atoms with van der Waals surface area (Å²) in [5.74, 6) is -2.29. The van der Waals surface area contributed by atoms with Crippen LogP contribution in [0.3, 0.4) is 0 Å². The fraction of sp³-hybridized carbons (Fsp3) is 0.300. The Labute approximate surface area is 86.3 Å². The van der Waals surface area contributed by atoms with Crippen molar-refractivity contribution in [3.05, 3.63) is 35.4 Å². The van der Waals surface area contributed by atoms with Crippen LogP contribution in [0.25, 0.3) is 0 Å². The average molecular weight is 214 g/mol. The Morgan fingerprint density at radius 2 is 2.13 bits per heavy atom. The van der Waals surface area contributed by atoms with E-state index >= 15 is 0 Å². The Kier molecular flexibility index (Phi) is 4.17. The van der Waals surface area contributed by atoms with Gasteiger partial charge in [-0.25, -0.2) is 8.78 Å². The molecule has 1 rings (SSSR count). The fourth-order valence-corrected chi connectivity index (χ4v) is 1.13. The standard InChI is InChI=1S/C10H12F2N2O/c11-8-3-1-2-7(10(8)12)6-9(15)14-5-4-13/h1-3H,4-6,13H2,(H,14,15). The molecular weight excluding hydrogens is 202 g/mol. The SMILES string of the molecule is NCCNC(=O)Cc1cccc(F)c1F. The molecule has 3 N–H and O–H groups in total. The molecule has 0 aliphatic carbocycles. The number of nitrogens with two attached hydrogens (primary N) is 1. The molecule has 0 aromatic heterocycles. The third kappa shape index (κ3) is 3.28. The Morgan fingerprint density at radius 3 is 2.80 bits per heavy atom. The Bertz CT molecular complexity index is 355. The van der Waals surface area contributed by atoms with Crippen molar-refractivity contribution >= 4 is 5.91 Å². The van der Waals surface area contributed by atoms with Crippen LogP contribution in [0.4, 0.5) is 8.78 Å². The van der Waals surface area contributed by atoms with Gasteiger partial charge in [0.15, 0.2) is 11.6 Å². The number of hydrogen-bond acceptors (Lipinski definition) is 2. The van der Waals surface area contributed by atoms with Gasteiger partial charge in [-0.1, -0.05) is 12.1 Å². The van der Waals surface area contributed by atoms with Crippen LogP contribution >= 0.6 is 0 Å². The molecule has 0 unspecified atom stereocenters. The predicted molar refractivity (Wildman–Crippen MR) is 52.1 cm³/mol. The van der Waals surface area contributed by atoms with Gasteiger partial charge in [-0.2, -0.15) is 0 Å². The van der Waals surface area contributed by atoms with Crippen molar-refractivity contribution in [2.45, 2.75) is 6.42 Å². The summed E-state index contributed by atoms with van der Waals surface area (Å²) in [6, 6.07) is 3.75. The smallest absolute Gasteiger partial charge is 0.224 e. The first kappa shape index (κ1) is 11.6. The molecule has 15 heavy (non-hydrogen) atoms. The highest BCUT2D eigenvalue weighted by Gasteiger charge is 2.10. The van der Waals surface area contributed by atoms with E-state index in [2.05, 4.69) is 5.32 Å². The molecule has 1 amide bonds. The molecule has 0 heterocycles. The molecule has 1 aromatic rings. The number of rotatable bonds is 4. The lowest BCUT2D eigenvalue weighted by Gasteiger charge is -2.04. The summed E-state index contributed by atoms with van der Waals surface area (Å²) >= 11 is 0. The van der Waals surface area contributed by atoms with Gasteiger partial charge in [0.25, 0.3) is 0 Å². The van der Waals surface area contributed by atoms with Gasteiger partial charge in [0, 0.05) is 18.7 Å². The van der Waals surface area contributed by atoms with Crippen LogP contribution in [0.5, 0.6) is 0 Å². The maximum Gasteiger partial charge on any atom is 0.224 e. The van der Waals surface area contributed by atoms with Gasteiger partial charge in [0.2, 0.25) is 5.91 Å². The van der Waals surface area contributed by atoms with Crippen LogP contribution < -0.4 is 11.1 Å². The van der Waals surface area contributed by atoms with Crippen molar-refractivity contribution in [3.63, 3.8) is 0 Å². The van der Waals surface area contributed by atoms with Crippen molar-refractivity contribution in [2.75, 3.05) is 13.1 Å². The number of carbonyl (C=O) groups excluding carboxylic acids is 1. The van der Waals surface area contributed by atoms with Crippen LogP contribution in [-0.2, 0) is 11.2 Å². The second-order valence-electron chi connectivity index (χ2n) is 3.03. The first-order chi connectivity index (χ1) is 7.15. The summed E-state index contributed by atoms with van der Waals surface area (Å²) in [7, 11) is 0. The lowest BCUT2D eigenvalue weighted by Crippen LogP contribution is -2.30. The van der Waals surface area contributed by atoms with E-state index in [0.717, 1.165) is 6.07 Å². The molecule has 5 heteroatoms. The van der Waals surface area contributed by atoms with Crippen molar-refractivity contribution < 1.29 is 13.6 Å².